The lowest BCUT2D eigenvalue weighted by molar-refractivity contribution is 0.330. The van der Waals surface area contributed by atoms with Gasteiger partial charge < -0.3 is 9.84 Å². The lowest BCUT2D eigenvalue weighted by Crippen LogP contribution is -2.33. The van der Waals surface area contributed by atoms with Crippen LogP contribution in [0.2, 0.25) is 0 Å². The molecule has 0 amide bonds. The third-order valence-corrected chi connectivity index (χ3v) is 5.12. The van der Waals surface area contributed by atoms with E-state index in [0.717, 1.165) is 38.0 Å². The van der Waals surface area contributed by atoms with Gasteiger partial charge in [0, 0.05) is 12.6 Å². The van der Waals surface area contributed by atoms with Crippen molar-refractivity contribution in [2.75, 3.05) is 18.1 Å². The van der Waals surface area contributed by atoms with Crippen molar-refractivity contribution < 1.29 is 21.7 Å². The molecule has 2 aromatic rings. The number of hydrogen-bond acceptors (Lipinski definition) is 6. The molecule has 0 aliphatic heterocycles. The number of nitrogens with one attached hydrogen (secondary N) is 2. The highest BCUT2D eigenvalue weighted by molar-refractivity contribution is 7.88. The maximum atomic E-state index is 13.8. The van der Waals surface area contributed by atoms with Gasteiger partial charge in [-0.05, 0) is 43.7 Å². The maximum Gasteiger partial charge on any atom is 0.322 e. The predicted molar refractivity (Wildman–Crippen MR) is 91.9 cm³/mol. The molecule has 10 heteroatoms. The Morgan fingerprint density at radius 1 is 1.23 bits per heavy atom. The lowest BCUT2D eigenvalue weighted by atomic mass is 9.86. The zero-order valence-electron chi connectivity index (χ0n) is 14.2. The van der Waals surface area contributed by atoms with Gasteiger partial charge in [0.1, 0.15) is 0 Å². The maximum absolute atomic E-state index is 13.8. The quantitative estimate of drug-likeness (QED) is 0.792. The third-order valence-electron chi connectivity index (χ3n) is 4.43. The third kappa shape index (κ3) is 4.76. The molecule has 0 radical (unpaired) electrons. The number of hydrogen-bond donors (Lipinski definition) is 2. The highest BCUT2D eigenvalue weighted by atomic mass is 32.2. The van der Waals surface area contributed by atoms with Crippen LogP contribution in [-0.2, 0) is 10.0 Å². The van der Waals surface area contributed by atoms with E-state index in [2.05, 4.69) is 20.2 Å². The Morgan fingerprint density at radius 2 is 1.96 bits per heavy atom. The van der Waals surface area contributed by atoms with Gasteiger partial charge in [0.25, 0.3) is 0 Å². The molecule has 0 bridgehead atoms. The van der Waals surface area contributed by atoms with Crippen LogP contribution in [0, 0.1) is 17.6 Å². The van der Waals surface area contributed by atoms with Crippen molar-refractivity contribution in [2.24, 2.45) is 5.92 Å². The van der Waals surface area contributed by atoms with Crippen molar-refractivity contribution in [2.45, 2.75) is 31.7 Å². The van der Waals surface area contributed by atoms with Crippen LogP contribution in [0.1, 0.15) is 25.7 Å². The molecule has 1 aromatic heterocycles. The summed E-state index contributed by atoms with van der Waals surface area (Å²) in [6.45, 7) is 0.440. The summed E-state index contributed by atoms with van der Waals surface area (Å²) < 4.78 is 57.0. The summed E-state index contributed by atoms with van der Waals surface area (Å²) >= 11 is 0. The van der Waals surface area contributed by atoms with Crippen molar-refractivity contribution in [1.29, 1.82) is 0 Å². The van der Waals surface area contributed by atoms with Gasteiger partial charge in [-0.1, -0.05) is 11.2 Å². The first-order chi connectivity index (χ1) is 12.3. The molecule has 1 fully saturated rings. The van der Waals surface area contributed by atoms with Crippen LogP contribution in [0.4, 0.5) is 14.8 Å². The highest BCUT2D eigenvalue weighted by Crippen LogP contribution is 2.27. The number of anilines is 1. The van der Waals surface area contributed by atoms with Crippen LogP contribution in [0.5, 0.6) is 0 Å². The van der Waals surface area contributed by atoms with Crippen LogP contribution in [0.25, 0.3) is 11.4 Å². The first-order valence-electron chi connectivity index (χ1n) is 8.31. The van der Waals surface area contributed by atoms with E-state index in [-0.39, 0.29) is 23.4 Å². The minimum atomic E-state index is -3.17. The van der Waals surface area contributed by atoms with Crippen molar-refractivity contribution in [3.05, 3.63) is 29.8 Å². The second-order valence-electron chi connectivity index (χ2n) is 6.51. The van der Waals surface area contributed by atoms with Crippen molar-refractivity contribution in [1.82, 2.24) is 14.9 Å². The molecule has 0 unspecified atom stereocenters. The van der Waals surface area contributed by atoms with Crippen LogP contribution in [-0.4, -0.2) is 37.4 Å². The Morgan fingerprint density at radius 3 is 2.65 bits per heavy atom. The second kappa shape index (κ2) is 7.67. The van der Waals surface area contributed by atoms with Gasteiger partial charge in [-0.2, -0.15) is 4.98 Å². The smallest absolute Gasteiger partial charge is 0.322 e. The average molecular weight is 386 g/mol. The molecule has 7 nitrogen and oxygen atoms in total. The van der Waals surface area contributed by atoms with E-state index in [1.807, 2.05) is 0 Å². The number of halogens is 2. The molecule has 2 N–H and O–H groups in total. The summed E-state index contributed by atoms with van der Waals surface area (Å²) in [6, 6.07) is 4.04. The van der Waals surface area contributed by atoms with E-state index in [9.17, 15) is 17.2 Å². The fraction of sp³-hybridized carbons (Fsp3) is 0.500. The van der Waals surface area contributed by atoms with Crippen molar-refractivity contribution in [3.63, 3.8) is 0 Å². The first-order valence-corrected chi connectivity index (χ1v) is 10.2. The molecule has 1 saturated carbocycles. The van der Waals surface area contributed by atoms with Crippen LogP contribution in [0.15, 0.2) is 22.7 Å². The van der Waals surface area contributed by atoms with Gasteiger partial charge >= 0.3 is 6.01 Å². The molecular formula is C16H20F2N4O3S. The number of benzene rings is 1. The number of sulfonamides is 1. The van der Waals surface area contributed by atoms with E-state index < -0.39 is 21.7 Å². The van der Waals surface area contributed by atoms with Crippen molar-refractivity contribution >= 4 is 16.0 Å². The zero-order chi connectivity index (χ0) is 18.7. The van der Waals surface area contributed by atoms with Gasteiger partial charge in [-0.15, -0.1) is 0 Å². The molecule has 26 heavy (non-hydrogen) atoms. The summed E-state index contributed by atoms with van der Waals surface area (Å²) in [5, 5.41) is 6.80. The lowest BCUT2D eigenvalue weighted by Gasteiger charge is -2.28. The van der Waals surface area contributed by atoms with Gasteiger partial charge in [-0.3, -0.25) is 0 Å². The van der Waals surface area contributed by atoms with E-state index in [4.69, 9.17) is 4.52 Å². The van der Waals surface area contributed by atoms with Gasteiger partial charge in [0.05, 0.1) is 11.8 Å². The molecule has 0 atom stereocenters. The summed E-state index contributed by atoms with van der Waals surface area (Å²) in [5.74, 6) is -1.71. The number of nitrogens with zero attached hydrogens (tertiary/aromatic N) is 2. The summed E-state index contributed by atoms with van der Waals surface area (Å²) in [7, 11) is -3.17. The standard InChI is InChI=1S/C16H20F2N4O3S/c1-26(23,24)19-9-10-5-7-11(8-6-10)20-16-21-15(22-25-16)12-3-2-4-13(17)14(12)18/h2-4,10-11,19H,5-9H2,1H3,(H,20,21,22). The Kier molecular flexibility index (Phi) is 5.52. The first kappa shape index (κ1) is 18.7. The zero-order valence-corrected chi connectivity index (χ0v) is 15.0. The fourth-order valence-electron chi connectivity index (χ4n) is 3.02. The number of aromatic nitrogens is 2. The topological polar surface area (TPSA) is 97.1 Å². The summed E-state index contributed by atoms with van der Waals surface area (Å²) in [5.41, 5.74) is -0.0580. The van der Waals surface area contributed by atoms with E-state index in [0.29, 0.717) is 12.5 Å². The minimum Gasteiger partial charge on any atom is -0.335 e. The molecule has 1 aliphatic carbocycles. The SMILES string of the molecule is CS(=O)(=O)NCC1CCC(Nc2nc(-c3cccc(F)c3F)no2)CC1. The Balaban J connectivity index is 1.55. The van der Waals surface area contributed by atoms with E-state index in [1.165, 1.54) is 12.1 Å². The summed E-state index contributed by atoms with van der Waals surface area (Å²) in [6.07, 6.45) is 4.51. The largest absolute Gasteiger partial charge is 0.335 e. The van der Waals surface area contributed by atoms with Crippen LogP contribution in [0.3, 0.4) is 0 Å². The summed E-state index contributed by atoms with van der Waals surface area (Å²) in [4.78, 5) is 4.08. The van der Waals surface area contributed by atoms with E-state index in [1.54, 1.807) is 0 Å². The molecule has 0 saturated heterocycles. The molecule has 3 rings (SSSR count). The molecular weight excluding hydrogens is 366 g/mol. The molecule has 142 valence electrons. The van der Waals surface area contributed by atoms with E-state index >= 15 is 0 Å². The van der Waals surface area contributed by atoms with Crippen LogP contribution >= 0.6 is 0 Å². The predicted octanol–water partition coefficient (Wildman–Crippen LogP) is 2.53. The monoisotopic (exact) mass is 386 g/mol. The second-order valence-corrected chi connectivity index (χ2v) is 8.34. The highest BCUT2D eigenvalue weighted by Gasteiger charge is 2.24. The number of rotatable bonds is 6. The van der Waals surface area contributed by atoms with Gasteiger partial charge in [0.15, 0.2) is 11.6 Å². The Labute approximate surface area is 150 Å². The van der Waals surface area contributed by atoms with Crippen molar-refractivity contribution in [3.8, 4) is 11.4 Å². The minimum absolute atomic E-state index is 0.0180. The average Bonchev–Trinajstić information content (AvgIpc) is 3.04. The fourth-order valence-corrected chi connectivity index (χ4v) is 3.56. The van der Waals surface area contributed by atoms with Gasteiger partial charge in [0.2, 0.25) is 15.8 Å². The normalized spacial score (nSPS) is 20.9. The Hall–Kier alpha value is -2.07. The molecule has 1 aromatic carbocycles. The molecule has 0 spiro atoms. The molecule has 1 heterocycles. The Bertz CT molecular complexity index is 864. The van der Waals surface area contributed by atoms with Gasteiger partial charge in [-0.25, -0.2) is 21.9 Å². The molecule has 1 aliphatic rings. The van der Waals surface area contributed by atoms with Crippen LogP contribution < -0.4 is 10.0 Å².